The smallest absolute Gasteiger partial charge is 0.161 e. The molecule has 1 aliphatic heterocycles. The molecule has 0 bridgehead atoms. The Morgan fingerprint density at radius 2 is 2.53 bits per heavy atom. The summed E-state index contributed by atoms with van der Waals surface area (Å²) in [5.41, 5.74) is 0.829. The van der Waals surface area contributed by atoms with Crippen molar-refractivity contribution in [2.75, 3.05) is 24.6 Å². The Bertz CT molecular complexity index is 428. The molecule has 90 valence electrons. The highest BCUT2D eigenvalue weighted by atomic mass is 16.5. The van der Waals surface area contributed by atoms with Crippen molar-refractivity contribution in [3.05, 3.63) is 23.9 Å². The summed E-state index contributed by atoms with van der Waals surface area (Å²) in [4.78, 5) is 6.27. The molecule has 0 amide bonds. The SMILES string of the molecule is C[C@@H](O)c1ccnc(N2CCOC(C#N)C2)c1. The van der Waals surface area contributed by atoms with Crippen LogP contribution >= 0.6 is 0 Å². The van der Waals surface area contributed by atoms with E-state index in [0.717, 1.165) is 11.4 Å². The van der Waals surface area contributed by atoms with E-state index in [1.807, 2.05) is 11.0 Å². The molecular formula is C12H15N3O2. The summed E-state index contributed by atoms with van der Waals surface area (Å²) >= 11 is 0. The van der Waals surface area contributed by atoms with Crippen LogP contribution in [0.1, 0.15) is 18.6 Å². The van der Waals surface area contributed by atoms with E-state index in [0.29, 0.717) is 19.7 Å². The molecule has 0 aromatic carbocycles. The van der Waals surface area contributed by atoms with Crippen molar-refractivity contribution < 1.29 is 9.84 Å². The van der Waals surface area contributed by atoms with Gasteiger partial charge in [0.25, 0.3) is 0 Å². The topological polar surface area (TPSA) is 69.4 Å². The van der Waals surface area contributed by atoms with Gasteiger partial charge in [0, 0.05) is 12.7 Å². The molecule has 0 spiro atoms. The summed E-state index contributed by atoms with van der Waals surface area (Å²) in [5.74, 6) is 0.784. The Kier molecular flexibility index (Phi) is 3.57. The van der Waals surface area contributed by atoms with E-state index >= 15 is 0 Å². The fourth-order valence-electron chi connectivity index (χ4n) is 1.80. The minimum atomic E-state index is -0.510. The molecule has 1 aromatic rings. The number of aromatic nitrogens is 1. The fourth-order valence-corrected chi connectivity index (χ4v) is 1.80. The zero-order chi connectivity index (χ0) is 12.3. The number of rotatable bonds is 2. The molecule has 1 fully saturated rings. The molecule has 1 aromatic heterocycles. The van der Waals surface area contributed by atoms with Gasteiger partial charge in [0.15, 0.2) is 6.10 Å². The second kappa shape index (κ2) is 5.13. The summed E-state index contributed by atoms with van der Waals surface area (Å²) in [5, 5.41) is 18.4. The number of anilines is 1. The number of aliphatic hydroxyl groups is 1. The lowest BCUT2D eigenvalue weighted by Crippen LogP contribution is -2.42. The van der Waals surface area contributed by atoms with Crippen molar-refractivity contribution in [3.8, 4) is 6.07 Å². The maximum absolute atomic E-state index is 9.52. The Labute approximate surface area is 100 Å². The van der Waals surface area contributed by atoms with Gasteiger partial charge in [-0.25, -0.2) is 4.98 Å². The van der Waals surface area contributed by atoms with Crippen molar-refractivity contribution in [2.45, 2.75) is 19.1 Å². The van der Waals surface area contributed by atoms with Crippen molar-refractivity contribution in [3.63, 3.8) is 0 Å². The predicted molar refractivity (Wildman–Crippen MR) is 62.4 cm³/mol. The van der Waals surface area contributed by atoms with E-state index in [1.54, 1.807) is 19.2 Å². The number of nitrogens with zero attached hydrogens (tertiary/aromatic N) is 3. The van der Waals surface area contributed by atoms with Crippen molar-refractivity contribution in [1.29, 1.82) is 5.26 Å². The van der Waals surface area contributed by atoms with E-state index in [1.165, 1.54) is 0 Å². The highest BCUT2D eigenvalue weighted by Crippen LogP contribution is 2.19. The van der Waals surface area contributed by atoms with Crippen LogP contribution in [0, 0.1) is 11.3 Å². The maximum atomic E-state index is 9.52. The molecule has 2 atom stereocenters. The van der Waals surface area contributed by atoms with E-state index in [9.17, 15) is 5.11 Å². The summed E-state index contributed by atoms with van der Waals surface area (Å²) in [7, 11) is 0. The Balaban J connectivity index is 2.16. The Morgan fingerprint density at radius 3 is 3.24 bits per heavy atom. The minimum Gasteiger partial charge on any atom is -0.389 e. The molecular weight excluding hydrogens is 218 g/mol. The first-order valence-electron chi connectivity index (χ1n) is 5.61. The minimum absolute atomic E-state index is 0.402. The van der Waals surface area contributed by atoms with Crippen molar-refractivity contribution >= 4 is 5.82 Å². The molecule has 2 rings (SSSR count). The highest BCUT2D eigenvalue weighted by Gasteiger charge is 2.21. The van der Waals surface area contributed by atoms with Crippen LogP contribution in [-0.4, -0.2) is 35.9 Å². The van der Waals surface area contributed by atoms with Crippen LogP contribution in [0.15, 0.2) is 18.3 Å². The molecule has 0 radical (unpaired) electrons. The third-order valence-electron chi connectivity index (χ3n) is 2.79. The number of ether oxygens (including phenoxy) is 1. The number of aliphatic hydroxyl groups excluding tert-OH is 1. The second-order valence-corrected chi connectivity index (χ2v) is 4.06. The molecule has 5 heteroatoms. The largest absolute Gasteiger partial charge is 0.389 e. The number of hydrogen-bond acceptors (Lipinski definition) is 5. The van der Waals surface area contributed by atoms with Crippen molar-refractivity contribution in [2.24, 2.45) is 0 Å². The van der Waals surface area contributed by atoms with E-state index in [4.69, 9.17) is 10.00 Å². The lowest BCUT2D eigenvalue weighted by molar-refractivity contribution is 0.0761. The lowest BCUT2D eigenvalue weighted by Gasteiger charge is -2.30. The number of hydrogen-bond donors (Lipinski definition) is 1. The number of nitriles is 1. The van der Waals surface area contributed by atoms with Gasteiger partial charge in [-0.05, 0) is 24.6 Å². The fraction of sp³-hybridized carbons (Fsp3) is 0.500. The normalized spacial score (nSPS) is 21.9. The van der Waals surface area contributed by atoms with Gasteiger partial charge in [-0.1, -0.05) is 0 Å². The summed E-state index contributed by atoms with van der Waals surface area (Å²) in [6.45, 7) is 3.48. The summed E-state index contributed by atoms with van der Waals surface area (Å²) in [6, 6.07) is 5.74. The van der Waals surface area contributed by atoms with Crippen LogP contribution in [0.5, 0.6) is 0 Å². The standard InChI is InChI=1S/C12H15N3O2/c1-9(16)10-2-3-14-12(6-10)15-4-5-17-11(7-13)8-15/h2-3,6,9,11,16H,4-5,8H2,1H3/t9-,11?/m1/s1. The first-order chi connectivity index (χ1) is 8.20. The average Bonchev–Trinajstić information content (AvgIpc) is 2.39. The van der Waals surface area contributed by atoms with Crippen LogP contribution in [0.4, 0.5) is 5.82 Å². The number of pyridine rings is 1. The van der Waals surface area contributed by atoms with Gasteiger partial charge in [-0.2, -0.15) is 5.26 Å². The van der Waals surface area contributed by atoms with E-state index < -0.39 is 12.2 Å². The average molecular weight is 233 g/mol. The van der Waals surface area contributed by atoms with Gasteiger partial charge in [0.1, 0.15) is 5.82 Å². The van der Waals surface area contributed by atoms with Crippen LogP contribution in [0.3, 0.4) is 0 Å². The van der Waals surface area contributed by atoms with Gasteiger partial charge in [0.05, 0.1) is 25.3 Å². The van der Waals surface area contributed by atoms with E-state index in [2.05, 4.69) is 11.1 Å². The van der Waals surface area contributed by atoms with Crippen LogP contribution in [0.25, 0.3) is 0 Å². The maximum Gasteiger partial charge on any atom is 0.161 e. The molecule has 2 heterocycles. The van der Waals surface area contributed by atoms with E-state index in [-0.39, 0.29) is 0 Å². The summed E-state index contributed by atoms with van der Waals surface area (Å²) in [6.07, 6.45) is 0.763. The predicted octanol–water partition coefficient (Wildman–Crippen LogP) is 0.864. The van der Waals surface area contributed by atoms with Crippen LogP contribution in [0.2, 0.25) is 0 Å². The zero-order valence-corrected chi connectivity index (χ0v) is 9.71. The molecule has 0 aliphatic carbocycles. The van der Waals surface area contributed by atoms with Gasteiger partial charge >= 0.3 is 0 Å². The number of morpholine rings is 1. The molecule has 17 heavy (non-hydrogen) atoms. The Morgan fingerprint density at radius 1 is 1.71 bits per heavy atom. The molecule has 5 nitrogen and oxygen atoms in total. The molecule has 1 aliphatic rings. The quantitative estimate of drug-likeness (QED) is 0.820. The van der Waals surface area contributed by atoms with Crippen LogP contribution < -0.4 is 4.90 Å². The van der Waals surface area contributed by atoms with Crippen LogP contribution in [-0.2, 0) is 4.74 Å². The van der Waals surface area contributed by atoms with Crippen molar-refractivity contribution in [1.82, 2.24) is 4.98 Å². The lowest BCUT2D eigenvalue weighted by atomic mass is 10.1. The molecule has 1 unspecified atom stereocenters. The summed E-state index contributed by atoms with van der Waals surface area (Å²) < 4.78 is 5.28. The molecule has 0 saturated carbocycles. The monoisotopic (exact) mass is 233 g/mol. The third-order valence-corrected chi connectivity index (χ3v) is 2.79. The van der Waals surface area contributed by atoms with Gasteiger partial charge in [0.2, 0.25) is 0 Å². The third kappa shape index (κ3) is 2.73. The van der Waals surface area contributed by atoms with Gasteiger partial charge < -0.3 is 14.7 Å². The first kappa shape index (κ1) is 11.8. The van der Waals surface area contributed by atoms with Gasteiger partial charge in [-0.15, -0.1) is 0 Å². The highest BCUT2D eigenvalue weighted by molar-refractivity contribution is 5.42. The second-order valence-electron chi connectivity index (χ2n) is 4.06. The first-order valence-corrected chi connectivity index (χ1v) is 5.61. The molecule has 1 saturated heterocycles. The zero-order valence-electron chi connectivity index (χ0n) is 9.71. The van der Waals surface area contributed by atoms with Gasteiger partial charge in [-0.3, -0.25) is 0 Å². The molecule has 1 N–H and O–H groups in total. The Hall–Kier alpha value is -1.64.